The second kappa shape index (κ2) is 7.55. The third kappa shape index (κ3) is 3.25. The standard InChI is InChI=1S/C15H19F3N5O5P/c16-10-11(28-9-3-1-2-4-26-9)8(5-24)27-12(10)23-7-22-15(29(17,18)25)13(19)20-6-21-14(15)23/h6-12,19,24H,1-5H2/t8-,9?,10-,11-,12-,15?/m1/s1. The Morgan fingerprint density at radius 2 is 2.24 bits per heavy atom. The number of rotatable bonds is 5. The Bertz CT molecular complexity index is 816. The van der Waals surface area contributed by atoms with Gasteiger partial charge in [0.15, 0.2) is 30.4 Å². The molecule has 2 unspecified atom stereocenters. The molecule has 0 bridgehead atoms. The van der Waals surface area contributed by atoms with Crippen molar-refractivity contribution in [1.82, 2.24) is 4.90 Å². The quantitative estimate of drug-likeness (QED) is 0.628. The van der Waals surface area contributed by atoms with E-state index in [1.54, 1.807) is 0 Å². The predicted octanol–water partition coefficient (Wildman–Crippen LogP) is 1.54. The Balaban J connectivity index is 1.59. The molecule has 6 atom stereocenters. The molecule has 0 aliphatic carbocycles. The molecule has 29 heavy (non-hydrogen) atoms. The van der Waals surface area contributed by atoms with Crippen LogP contribution in [0.15, 0.2) is 15.0 Å². The minimum atomic E-state index is -6.07. The number of nitrogens with zero attached hydrogens (tertiary/aromatic N) is 4. The van der Waals surface area contributed by atoms with Crippen LogP contribution in [0.25, 0.3) is 0 Å². The predicted molar refractivity (Wildman–Crippen MR) is 95.6 cm³/mol. The van der Waals surface area contributed by atoms with Crippen LogP contribution >= 0.6 is 7.76 Å². The van der Waals surface area contributed by atoms with E-state index < -0.39 is 62.2 Å². The summed E-state index contributed by atoms with van der Waals surface area (Å²) in [7, 11) is -6.07. The fraction of sp³-hybridized carbons (Fsp3) is 0.733. The van der Waals surface area contributed by atoms with E-state index in [0.29, 0.717) is 13.0 Å². The SMILES string of the molecule is N=C1N=CN=C2N([C@@H]3O[C@H](CO)[C@@H](OC4CCCCO4)[C@H]3F)C=NC12P(=O)(F)F. The zero-order chi connectivity index (χ0) is 20.8. The van der Waals surface area contributed by atoms with Gasteiger partial charge in [0.1, 0.15) is 18.5 Å². The molecule has 4 rings (SSSR count). The third-order valence-corrected chi connectivity index (χ3v) is 6.45. The molecule has 4 aliphatic rings. The Morgan fingerprint density at radius 3 is 2.90 bits per heavy atom. The average molecular weight is 437 g/mol. The highest BCUT2D eigenvalue weighted by Gasteiger charge is 2.66. The van der Waals surface area contributed by atoms with E-state index in [1.807, 2.05) is 0 Å². The van der Waals surface area contributed by atoms with Crippen molar-refractivity contribution in [1.29, 1.82) is 5.41 Å². The van der Waals surface area contributed by atoms with Gasteiger partial charge in [-0.05, 0) is 19.3 Å². The number of halogens is 3. The number of nitrogens with one attached hydrogen (secondary N) is 1. The molecule has 0 aromatic heterocycles. The summed E-state index contributed by atoms with van der Waals surface area (Å²) in [5.74, 6) is -1.59. The first-order valence-corrected chi connectivity index (χ1v) is 10.5. The summed E-state index contributed by atoms with van der Waals surface area (Å²) in [6, 6.07) is 0. The molecule has 10 nitrogen and oxygen atoms in total. The minimum absolute atomic E-state index is 0.463. The van der Waals surface area contributed by atoms with Crippen LogP contribution in [-0.2, 0) is 18.8 Å². The van der Waals surface area contributed by atoms with E-state index >= 15 is 4.39 Å². The number of aliphatic hydroxyl groups is 1. The molecule has 0 radical (unpaired) electrons. The van der Waals surface area contributed by atoms with Gasteiger partial charge in [-0.3, -0.25) is 10.3 Å². The molecule has 2 saturated heterocycles. The molecule has 14 heteroatoms. The Labute approximate surface area is 163 Å². The first kappa shape index (κ1) is 20.6. The molecule has 4 aliphatic heterocycles. The minimum Gasteiger partial charge on any atom is -0.394 e. The molecule has 4 heterocycles. The summed E-state index contributed by atoms with van der Waals surface area (Å²) < 4.78 is 71.5. The van der Waals surface area contributed by atoms with E-state index in [1.165, 1.54) is 0 Å². The second-order valence-corrected chi connectivity index (χ2v) is 8.49. The lowest BCUT2D eigenvalue weighted by molar-refractivity contribution is -0.205. The first-order valence-electron chi connectivity index (χ1n) is 9.00. The Morgan fingerprint density at radius 1 is 1.45 bits per heavy atom. The molecular formula is C15H19F3N5O5P. The summed E-state index contributed by atoms with van der Waals surface area (Å²) in [5.41, 5.74) is 0. The van der Waals surface area contributed by atoms with Crippen LogP contribution in [0.3, 0.4) is 0 Å². The van der Waals surface area contributed by atoms with Gasteiger partial charge in [-0.1, -0.05) is 0 Å². The summed E-state index contributed by atoms with van der Waals surface area (Å²) in [4.78, 5) is 11.5. The lowest BCUT2D eigenvalue weighted by atomic mass is 10.1. The number of aliphatic imine (C=N–C) groups is 3. The van der Waals surface area contributed by atoms with Gasteiger partial charge in [0.05, 0.1) is 12.9 Å². The van der Waals surface area contributed by atoms with Gasteiger partial charge in [-0.15, -0.1) is 8.39 Å². The maximum atomic E-state index is 15.3. The first-order chi connectivity index (χ1) is 13.8. The van der Waals surface area contributed by atoms with Gasteiger partial charge >= 0.3 is 7.76 Å². The fourth-order valence-corrected chi connectivity index (χ4v) is 4.60. The molecule has 0 amide bonds. The van der Waals surface area contributed by atoms with Crippen LogP contribution in [0.1, 0.15) is 19.3 Å². The van der Waals surface area contributed by atoms with Gasteiger partial charge in [-0.25, -0.2) is 23.9 Å². The van der Waals surface area contributed by atoms with E-state index in [4.69, 9.17) is 19.6 Å². The van der Waals surface area contributed by atoms with E-state index in [-0.39, 0.29) is 0 Å². The second-order valence-electron chi connectivity index (χ2n) is 6.92. The highest BCUT2D eigenvalue weighted by molar-refractivity contribution is 7.57. The van der Waals surface area contributed by atoms with Crippen molar-refractivity contribution in [2.75, 3.05) is 13.2 Å². The van der Waals surface area contributed by atoms with Gasteiger partial charge < -0.3 is 19.3 Å². The van der Waals surface area contributed by atoms with Crippen LogP contribution in [0, 0.1) is 5.41 Å². The van der Waals surface area contributed by atoms with Crippen molar-refractivity contribution in [3.8, 4) is 0 Å². The number of amidine groups is 2. The zero-order valence-corrected chi connectivity index (χ0v) is 15.9. The summed E-state index contributed by atoms with van der Waals surface area (Å²) in [6.07, 6.45) is -2.54. The normalized spacial score (nSPS) is 39.7. The monoisotopic (exact) mass is 437 g/mol. The summed E-state index contributed by atoms with van der Waals surface area (Å²) in [6.45, 7) is -0.122. The highest BCUT2D eigenvalue weighted by atomic mass is 31.2. The number of fused-ring (bicyclic) bond motifs is 1. The number of hydrogen-bond acceptors (Lipinski definition) is 9. The van der Waals surface area contributed by atoms with Gasteiger partial charge in [0.2, 0.25) is 0 Å². The molecule has 0 aromatic carbocycles. The zero-order valence-electron chi connectivity index (χ0n) is 15.0. The van der Waals surface area contributed by atoms with Gasteiger partial charge in [0.25, 0.3) is 5.28 Å². The highest BCUT2D eigenvalue weighted by Crippen LogP contribution is 2.65. The smallest absolute Gasteiger partial charge is 0.394 e. The van der Waals surface area contributed by atoms with Crippen molar-refractivity contribution in [2.24, 2.45) is 15.0 Å². The van der Waals surface area contributed by atoms with E-state index in [0.717, 1.165) is 30.4 Å². The maximum absolute atomic E-state index is 15.3. The Kier molecular flexibility index (Phi) is 5.36. The van der Waals surface area contributed by atoms with Gasteiger partial charge in [-0.2, -0.15) is 0 Å². The lowest BCUT2D eigenvalue weighted by Gasteiger charge is -2.31. The average Bonchev–Trinajstić information content (AvgIpc) is 3.23. The number of aliphatic hydroxyl groups excluding tert-OH is 1. The lowest BCUT2D eigenvalue weighted by Crippen LogP contribution is -2.52. The van der Waals surface area contributed by atoms with Crippen LogP contribution in [0.5, 0.6) is 0 Å². The van der Waals surface area contributed by atoms with Crippen LogP contribution < -0.4 is 0 Å². The third-order valence-electron chi connectivity index (χ3n) is 5.17. The van der Waals surface area contributed by atoms with E-state index in [9.17, 15) is 18.1 Å². The summed E-state index contributed by atoms with van der Waals surface area (Å²) >= 11 is 0. The van der Waals surface area contributed by atoms with Crippen molar-refractivity contribution in [3.63, 3.8) is 0 Å². The van der Waals surface area contributed by atoms with Crippen molar-refractivity contribution < 1.29 is 36.7 Å². The van der Waals surface area contributed by atoms with Crippen molar-refractivity contribution in [3.05, 3.63) is 0 Å². The van der Waals surface area contributed by atoms with E-state index in [2.05, 4.69) is 15.0 Å². The molecule has 0 saturated carbocycles. The maximum Gasteiger partial charge on any atom is 0.445 e. The number of hydrogen-bond donors (Lipinski definition) is 2. The van der Waals surface area contributed by atoms with Crippen molar-refractivity contribution in [2.45, 2.75) is 55.4 Å². The number of ether oxygens (including phenoxy) is 3. The topological polar surface area (TPSA) is 129 Å². The number of alkyl halides is 1. The molecule has 160 valence electrons. The van der Waals surface area contributed by atoms with Crippen molar-refractivity contribution >= 4 is 32.1 Å². The molecule has 0 spiro atoms. The molecular weight excluding hydrogens is 418 g/mol. The van der Waals surface area contributed by atoms with Crippen LogP contribution in [0.4, 0.5) is 12.8 Å². The molecule has 0 aromatic rings. The Hall–Kier alpha value is -1.66. The largest absolute Gasteiger partial charge is 0.445 e. The van der Waals surface area contributed by atoms with Gasteiger partial charge in [0, 0.05) is 6.61 Å². The fourth-order valence-electron chi connectivity index (χ4n) is 3.71. The van der Waals surface area contributed by atoms with Crippen LogP contribution in [0.2, 0.25) is 0 Å². The molecule has 2 fully saturated rings. The van der Waals surface area contributed by atoms with Crippen LogP contribution in [-0.4, -0.2) is 83.7 Å². The summed E-state index contributed by atoms with van der Waals surface area (Å²) in [5, 5.41) is 14.4. The molecule has 2 N–H and O–H groups in total.